The summed E-state index contributed by atoms with van der Waals surface area (Å²) in [5.74, 6) is 1.03. The molecule has 0 aliphatic carbocycles. The zero-order valence-corrected chi connectivity index (χ0v) is 16.5. The van der Waals surface area contributed by atoms with Gasteiger partial charge in [0.25, 0.3) is 0 Å². The maximum absolute atomic E-state index is 12.1. The van der Waals surface area contributed by atoms with E-state index in [4.69, 9.17) is 4.74 Å². The fourth-order valence-electron chi connectivity index (χ4n) is 2.85. The Morgan fingerprint density at radius 2 is 1.40 bits per heavy atom. The van der Waals surface area contributed by atoms with Crippen molar-refractivity contribution in [1.29, 1.82) is 0 Å². The van der Waals surface area contributed by atoms with Gasteiger partial charge in [0, 0.05) is 0 Å². The Bertz CT molecular complexity index is 1220. The van der Waals surface area contributed by atoms with E-state index in [0.29, 0.717) is 11.6 Å². The van der Waals surface area contributed by atoms with Gasteiger partial charge in [-0.25, -0.2) is 9.97 Å². The number of rotatable bonds is 6. The first-order valence-corrected chi connectivity index (χ1v) is 9.62. The van der Waals surface area contributed by atoms with E-state index in [1.54, 1.807) is 24.4 Å². The minimum Gasteiger partial charge on any atom is -0.437 e. The lowest BCUT2D eigenvalue weighted by atomic mass is 10.1. The van der Waals surface area contributed by atoms with Crippen LogP contribution in [0.25, 0.3) is 23.2 Å². The Hall–Kier alpha value is -4.05. The maximum atomic E-state index is 12.1. The largest absolute Gasteiger partial charge is 0.437 e. The number of nitrogens with zero attached hydrogens (tertiary/aromatic N) is 2. The lowest BCUT2D eigenvalue weighted by Crippen LogP contribution is -1.90. The Kier molecular flexibility index (Phi) is 5.76. The maximum Gasteiger partial charge on any atom is 0.238 e. The highest BCUT2D eigenvalue weighted by atomic mass is 16.5. The van der Waals surface area contributed by atoms with Crippen LogP contribution in [-0.4, -0.2) is 15.8 Å². The molecule has 4 nitrogen and oxygen atoms in total. The van der Waals surface area contributed by atoms with Crippen LogP contribution >= 0.6 is 0 Å². The first-order chi connectivity index (χ1) is 14.7. The van der Waals surface area contributed by atoms with Crippen LogP contribution in [-0.2, 0) is 4.79 Å². The van der Waals surface area contributed by atoms with Crippen LogP contribution in [0.1, 0.15) is 16.7 Å². The molecule has 4 rings (SSSR count). The van der Waals surface area contributed by atoms with Gasteiger partial charge in [0.2, 0.25) is 5.88 Å². The van der Waals surface area contributed by atoms with Crippen LogP contribution in [0.4, 0.5) is 0 Å². The number of hydrogen-bond acceptors (Lipinski definition) is 4. The molecule has 0 saturated heterocycles. The molecule has 1 heterocycles. The number of aromatic nitrogens is 2. The van der Waals surface area contributed by atoms with E-state index >= 15 is 0 Å². The van der Waals surface area contributed by atoms with Crippen LogP contribution in [0.15, 0.2) is 91.1 Å². The van der Waals surface area contributed by atoms with Gasteiger partial charge >= 0.3 is 0 Å². The average molecular weight is 392 g/mol. The molecule has 1 aromatic heterocycles. The monoisotopic (exact) mass is 392 g/mol. The van der Waals surface area contributed by atoms with E-state index in [-0.39, 0.29) is 5.78 Å². The van der Waals surface area contributed by atoms with Gasteiger partial charge < -0.3 is 4.74 Å². The summed E-state index contributed by atoms with van der Waals surface area (Å²) in [4.78, 5) is 20.9. The number of benzene rings is 3. The third-order valence-electron chi connectivity index (χ3n) is 4.49. The summed E-state index contributed by atoms with van der Waals surface area (Å²) in [7, 11) is 0. The first kappa shape index (κ1) is 19.3. The molecule has 0 unspecified atom stereocenters. The summed E-state index contributed by atoms with van der Waals surface area (Å²) in [5.41, 5.74) is 4.71. The number of ether oxygens (including phenoxy) is 1. The number of hydrogen-bond donors (Lipinski definition) is 0. The molecule has 4 aromatic rings. The van der Waals surface area contributed by atoms with Crippen molar-refractivity contribution in [3.05, 3.63) is 108 Å². The van der Waals surface area contributed by atoms with E-state index in [2.05, 4.69) is 9.97 Å². The number of carbonyl (C=O) groups is 1. The summed E-state index contributed by atoms with van der Waals surface area (Å²) in [6.07, 6.45) is 8.32. The van der Waals surface area contributed by atoms with Crippen LogP contribution in [0, 0.1) is 6.92 Å². The second kappa shape index (κ2) is 8.97. The predicted octanol–water partition coefficient (Wildman–Crippen LogP) is 6.03. The summed E-state index contributed by atoms with van der Waals surface area (Å²) >= 11 is 0. The quantitative estimate of drug-likeness (QED) is 0.376. The highest BCUT2D eigenvalue weighted by molar-refractivity contribution is 6.04. The molecule has 0 saturated carbocycles. The second-order valence-electron chi connectivity index (χ2n) is 6.85. The molecule has 0 amide bonds. The number of para-hydroxylation sites is 2. The second-order valence-corrected chi connectivity index (χ2v) is 6.85. The van der Waals surface area contributed by atoms with Crippen molar-refractivity contribution in [1.82, 2.24) is 9.97 Å². The molecule has 0 aliphatic heterocycles. The van der Waals surface area contributed by atoms with E-state index in [1.165, 1.54) is 5.56 Å². The van der Waals surface area contributed by atoms with Crippen LogP contribution < -0.4 is 4.74 Å². The minimum atomic E-state index is -0.0673. The van der Waals surface area contributed by atoms with Crippen LogP contribution in [0.2, 0.25) is 0 Å². The van der Waals surface area contributed by atoms with Gasteiger partial charge in [0.1, 0.15) is 5.75 Å². The Morgan fingerprint density at radius 1 is 0.800 bits per heavy atom. The van der Waals surface area contributed by atoms with Crippen molar-refractivity contribution in [3.8, 4) is 11.6 Å². The predicted molar refractivity (Wildman–Crippen MR) is 120 cm³/mol. The van der Waals surface area contributed by atoms with Crippen molar-refractivity contribution in [2.45, 2.75) is 6.92 Å². The molecular formula is C26H20N2O2. The van der Waals surface area contributed by atoms with Crippen molar-refractivity contribution in [2.24, 2.45) is 0 Å². The number of fused-ring (bicyclic) bond motifs is 1. The lowest BCUT2D eigenvalue weighted by molar-refractivity contribution is -0.110. The van der Waals surface area contributed by atoms with Crippen molar-refractivity contribution < 1.29 is 9.53 Å². The minimum absolute atomic E-state index is 0.0673. The number of ketones is 1. The standard InChI is InChI=1S/C26H20N2O2/c1-19-6-8-20(9-7-19)10-14-22(29)15-11-21-12-16-23(17-13-21)30-26-18-27-24-4-2-3-5-25(24)28-26/h2-18H,1H3. The molecule has 4 heteroatoms. The first-order valence-electron chi connectivity index (χ1n) is 9.62. The molecule has 0 atom stereocenters. The van der Waals surface area contributed by atoms with Gasteiger partial charge in [-0.2, -0.15) is 0 Å². The average Bonchev–Trinajstić information content (AvgIpc) is 2.78. The number of carbonyl (C=O) groups excluding carboxylic acids is 1. The normalized spacial score (nSPS) is 11.4. The van der Waals surface area contributed by atoms with Crippen molar-refractivity contribution >= 4 is 29.0 Å². The molecule has 146 valence electrons. The molecule has 0 N–H and O–H groups in total. The lowest BCUT2D eigenvalue weighted by Gasteiger charge is -2.05. The molecular weight excluding hydrogens is 372 g/mol. The van der Waals surface area contributed by atoms with Gasteiger partial charge in [-0.15, -0.1) is 0 Å². The molecule has 0 spiro atoms. The number of aryl methyl sites for hydroxylation is 1. The summed E-state index contributed by atoms with van der Waals surface area (Å²) < 4.78 is 5.79. The zero-order chi connectivity index (χ0) is 20.8. The summed E-state index contributed by atoms with van der Waals surface area (Å²) in [6, 6.07) is 23.1. The van der Waals surface area contributed by atoms with Crippen LogP contribution in [0.5, 0.6) is 11.6 Å². The number of allylic oxidation sites excluding steroid dienone is 2. The van der Waals surface area contributed by atoms with Gasteiger partial charge in [0.15, 0.2) is 5.78 Å². The van der Waals surface area contributed by atoms with Gasteiger partial charge in [-0.1, -0.05) is 66.2 Å². The Morgan fingerprint density at radius 3 is 2.07 bits per heavy atom. The Labute approximate surface area is 175 Å². The van der Waals surface area contributed by atoms with E-state index in [0.717, 1.165) is 22.2 Å². The highest BCUT2D eigenvalue weighted by Gasteiger charge is 2.02. The van der Waals surface area contributed by atoms with Crippen molar-refractivity contribution in [2.75, 3.05) is 0 Å². The third-order valence-corrected chi connectivity index (χ3v) is 4.49. The molecule has 3 aromatic carbocycles. The van der Waals surface area contributed by atoms with E-state index in [1.807, 2.05) is 85.8 Å². The molecule has 0 bridgehead atoms. The van der Waals surface area contributed by atoms with E-state index in [9.17, 15) is 4.79 Å². The highest BCUT2D eigenvalue weighted by Crippen LogP contribution is 2.21. The SMILES string of the molecule is Cc1ccc(C=CC(=O)C=Cc2ccc(Oc3cnc4ccccc4n3)cc2)cc1. The fraction of sp³-hybridized carbons (Fsp3) is 0.0385. The van der Waals surface area contributed by atoms with Crippen molar-refractivity contribution in [3.63, 3.8) is 0 Å². The zero-order valence-electron chi connectivity index (χ0n) is 16.5. The molecule has 0 aliphatic rings. The summed E-state index contributed by atoms with van der Waals surface area (Å²) in [5, 5.41) is 0. The van der Waals surface area contributed by atoms with E-state index < -0.39 is 0 Å². The Balaban J connectivity index is 1.37. The van der Waals surface area contributed by atoms with Gasteiger partial charge in [-0.05, 0) is 54.5 Å². The molecule has 30 heavy (non-hydrogen) atoms. The third kappa shape index (κ3) is 5.06. The van der Waals surface area contributed by atoms with Crippen LogP contribution in [0.3, 0.4) is 0 Å². The smallest absolute Gasteiger partial charge is 0.238 e. The molecule has 0 radical (unpaired) electrons. The molecule has 0 fully saturated rings. The van der Waals surface area contributed by atoms with Gasteiger partial charge in [-0.3, -0.25) is 4.79 Å². The summed E-state index contributed by atoms with van der Waals surface area (Å²) in [6.45, 7) is 2.03. The van der Waals surface area contributed by atoms with Gasteiger partial charge in [0.05, 0.1) is 17.2 Å². The topological polar surface area (TPSA) is 52.1 Å². The fourth-order valence-corrected chi connectivity index (χ4v) is 2.85.